The van der Waals surface area contributed by atoms with Crippen LogP contribution in [-0.4, -0.2) is 39.7 Å². The molecule has 26 heavy (non-hydrogen) atoms. The number of aliphatic hydroxyl groups excluding tert-OH is 2. The number of carboxylic acids is 1. The van der Waals surface area contributed by atoms with E-state index in [1.807, 2.05) is 6.92 Å². The number of rotatable bonds is 4. The molecular weight excluding hydrogens is 336 g/mol. The van der Waals surface area contributed by atoms with Crippen molar-refractivity contribution in [3.63, 3.8) is 0 Å². The molecular formula is C20H28O6. The van der Waals surface area contributed by atoms with Gasteiger partial charge in [0.05, 0.1) is 6.10 Å². The summed E-state index contributed by atoms with van der Waals surface area (Å²) in [6.07, 6.45) is 4.51. The van der Waals surface area contributed by atoms with E-state index < -0.39 is 29.7 Å². The maximum Gasteiger partial charge on any atom is 0.336 e. The van der Waals surface area contributed by atoms with Gasteiger partial charge in [0.2, 0.25) is 6.29 Å². The Morgan fingerprint density at radius 3 is 2.62 bits per heavy atom. The van der Waals surface area contributed by atoms with Crippen LogP contribution in [0.15, 0.2) is 23.3 Å². The zero-order chi connectivity index (χ0) is 19.3. The van der Waals surface area contributed by atoms with Crippen molar-refractivity contribution in [2.45, 2.75) is 65.3 Å². The van der Waals surface area contributed by atoms with E-state index in [2.05, 4.69) is 13.8 Å². The van der Waals surface area contributed by atoms with Gasteiger partial charge in [-0.1, -0.05) is 26.8 Å². The standard InChI is InChI=1S/C20H28O6/c1-11-9-15(21)20(3)13(17(23)24)5-4-6-14(20)19(11,2)8-7-12-10-16(22)26-18(12)25/h5,10-11,14-16,21-22H,4,6-9H2,1-3H3,(H,23,24)/t11-,14+,15+,16+,19-,20-/m0/s1. The van der Waals surface area contributed by atoms with E-state index in [9.17, 15) is 24.9 Å². The predicted molar refractivity (Wildman–Crippen MR) is 93.9 cm³/mol. The van der Waals surface area contributed by atoms with Crippen LogP contribution in [0.2, 0.25) is 0 Å². The molecule has 3 N–H and O–H groups in total. The fraction of sp³-hybridized carbons (Fsp3) is 0.700. The molecule has 0 aromatic rings. The molecule has 1 saturated carbocycles. The first-order chi connectivity index (χ1) is 12.1. The minimum Gasteiger partial charge on any atom is -0.478 e. The van der Waals surface area contributed by atoms with Gasteiger partial charge in [0.1, 0.15) is 0 Å². The van der Waals surface area contributed by atoms with Crippen LogP contribution in [0, 0.1) is 22.7 Å². The number of carbonyl (C=O) groups excluding carboxylic acids is 1. The summed E-state index contributed by atoms with van der Waals surface area (Å²) >= 11 is 0. The van der Waals surface area contributed by atoms with Gasteiger partial charge in [-0.25, -0.2) is 9.59 Å². The molecule has 0 radical (unpaired) electrons. The third-order valence-electron chi connectivity index (χ3n) is 7.30. The quantitative estimate of drug-likeness (QED) is 0.662. The highest BCUT2D eigenvalue weighted by molar-refractivity contribution is 5.90. The second kappa shape index (κ2) is 6.50. The molecule has 0 bridgehead atoms. The molecule has 0 amide bonds. The molecule has 0 aromatic heterocycles. The second-order valence-electron chi connectivity index (χ2n) is 8.48. The van der Waals surface area contributed by atoms with Crippen molar-refractivity contribution in [1.82, 2.24) is 0 Å². The normalized spacial score (nSPS) is 42.6. The van der Waals surface area contributed by atoms with Gasteiger partial charge in [0.25, 0.3) is 0 Å². The first-order valence-corrected chi connectivity index (χ1v) is 9.32. The zero-order valence-corrected chi connectivity index (χ0v) is 15.6. The molecule has 1 fully saturated rings. The van der Waals surface area contributed by atoms with Crippen LogP contribution >= 0.6 is 0 Å². The fourth-order valence-electron chi connectivity index (χ4n) is 5.51. The highest BCUT2D eigenvalue weighted by atomic mass is 16.6. The van der Waals surface area contributed by atoms with Gasteiger partial charge in [-0.15, -0.1) is 0 Å². The van der Waals surface area contributed by atoms with Crippen LogP contribution in [0.4, 0.5) is 0 Å². The summed E-state index contributed by atoms with van der Waals surface area (Å²) in [5, 5.41) is 30.0. The molecule has 2 aliphatic carbocycles. The number of esters is 1. The highest BCUT2D eigenvalue weighted by Crippen LogP contribution is 2.62. The van der Waals surface area contributed by atoms with Crippen molar-refractivity contribution < 1.29 is 29.6 Å². The Labute approximate surface area is 153 Å². The summed E-state index contributed by atoms with van der Waals surface area (Å²) in [6.45, 7) is 6.12. The summed E-state index contributed by atoms with van der Waals surface area (Å²) in [4.78, 5) is 23.6. The Kier molecular flexibility index (Phi) is 4.78. The number of hydrogen-bond acceptors (Lipinski definition) is 5. The maximum atomic E-state index is 11.8. The lowest BCUT2D eigenvalue weighted by molar-refractivity contribution is -0.151. The molecule has 6 nitrogen and oxygen atoms in total. The van der Waals surface area contributed by atoms with Crippen molar-refractivity contribution >= 4 is 11.9 Å². The van der Waals surface area contributed by atoms with Gasteiger partial charge in [-0.3, -0.25) is 0 Å². The number of allylic oxidation sites excluding steroid dienone is 1. The summed E-state index contributed by atoms with van der Waals surface area (Å²) in [6, 6.07) is 0. The summed E-state index contributed by atoms with van der Waals surface area (Å²) in [5.41, 5.74) is -0.231. The van der Waals surface area contributed by atoms with E-state index in [1.54, 1.807) is 6.08 Å². The van der Waals surface area contributed by atoms with Gasteiger partial charge in [0.15, 0.2) is 0 Å². The van der Waals surface area contributed by atoms with Crippen LogP contribution in [0.1, 0.15) is 52.9 Å². The van der Waals surface area contributed by atoms with Gasteiger partial charge >= 0.3 is 11.9 Å². The molecule has 0 spiro atoms. The number of carboxylic acid groups (broad SMARTS) is 1. The molecule has 0 aromatic carbocycles. The summed E-state index contributed by atoms with van der Waals surface area (Å²) in [7, 11) is 0. The van der Waals surface area contributed by atoms with Gasteiger partial charge < -0.3 is 20.1 Å². The summed E-state index contributed by atoms with van der Waals surface area (Å²) < 4.78 is 4.76. The molecule has 144 valence electrons. The average Bonchev–Trinajstić information content (AvgIpc) is 2.88. The summed E-state index contributed by atoms with van der Waals surface area (Å²) in [5.74, 6) is -1.25. The van der Waals surface area contributed by atoms with E-state index in [-0.39, 0.29) is 17.3 Å². The maximum absolute atomic E-state index is 11.8. The molecule has 6 heteroatoms. The van der Waals surface area contributed by atoms with E-state index in [1.165, 1.54) is 6.08 Å². The van der Waals surface area contributed by atoms with Gasteiger partial charge in [-0.05, 0) is 55.4 Å². The molecule has 6 atom stereocenters. The number of cyclic esters (lactones) is 1. The van der Waals surface area contributed by atoms with Gasteiger partial charge in [0, 0.05) is 16.6 Å². The monoisotopic (exact) mass is 364 g/mol. The third kappa shape index (κ3) is 2.79. The SMILES string of the molecule is C[C@H]1C[C@@H](O)[C@@]2(C)C(C(=O)O)=CCC[C@@H]2[C@@]1(C)CCC1=C[C@H](O)OC1=O. The third-order valence-corrected chi connectivity index (χ3v) is 7.30. The van der Waals surface area contributed by atoms with Crippen LogP contribution in [0.5, 0.6) is 0 Å². The van der Waals surface area contributed by atoms with Crippen LogP contribution in [0.25, 0.3) is 0 Å². The number of aliphatic carboxylic acids is 1. The number of ether oxygens (including phenoxy) is 1. The van der Waals surface area contributed by atoms with Crippen molar-refractivity contribution in [1.29, 1.82) is 0 Å². The first-order valence-electron chi connectivity index (χ1n) is 9.32. The smallest absolute Gasteiger partial charge is 0.336 e. The number of hydrogen-bond donors (Lipinski definition) is 3. The molecule has 1 heterocycles. The van der Waals surface area contributed by atoms with Crippen molar-refractivity contribution in [2.24, 2.45) is 22.7 Å². The lowest BCUT2D eigenvalue weighted by atomic mass is 9.45. The van der Waals surface area contributed by atoms with Crippen LogP contribution in [-0.2, 0) is 14.3 Å². The Morgan fingerprint density at radius 1 is 1.35 bits per heavy atom. The van der Waals surface area contributed by atoms with Gasteiger partial charge in [-0.2, -0.15) is 0 Å². The lowest BCUT2D eigenvalue weighted by Crippen LogP contribution is -2.57. The molecule has 0 unspecified atom stereocenters. The zero-order valence-electron chi connectivity index (χ0n) is 15.6. The first kappa shape index (κ1) is 19.1. The van der Waals surface area contributed by atoms with Crippen LogP contribution in [0.3, 0.4) is 0 Å². The Bertz CT molecular complexity index is 680. The molecule has 1 aliphatic heterocycles. The van der Waals surface area contributed by atoms with E-state index in [0.717, 1.165) is 6.42 Å². The van der Waals surface area contributed by atoms with Crippen molar-refractivity contribution in [3.05, 3.63) is 23.3 Å². The van der Waals surface area contributed by atoms with E-state index in [0.29, 0.717) is 36.8 Å². The number of fused-ring (bicyclic) bond motifs is 1. The topological polar surface area (TPSA) is 104 Å². The molecule has 0 saturated heterocycles. The number of aliphatic hydroxyl groups is 2. The Hall–Kier alpha value is -1.66. The average molecular weight is 364 g/mol. The van der Waals surface area contributed by atoms with Crippen molar-refractivity contribution in [2.75, 3.05) is 0 Å². The second-order valence-corrected chi connectivity index (χ2v) is 8.48. The highest BCUT2D eigenvalue weighted by Gasteiger charge is 2.59. The predicted octanol–water partition coefficient (Wildman–Crippen LogP) is 2.40. The fourth-order valence-corrected chi connectivity index (χ4v) is 5.51. The molecule has 3 rings (SSSR count). The lowest BCUT2D eigenvalue weighted by Gasteiger charge is -2.59. The number of carbonyl (C=O) groups is 2. The van der Waals surface area contributed by atoms with E-state index >= 15 is 0 Å². The Balaban J connectivity index is 1.91. The van der Waals surface area contributed by atoms with E-state index in [4.69, 9.17) is 4.74 Å². The van der Waals surface area contributed by atoms with Crippen molar-refractivity contribution in [3.8, 4) is 0 Å². The molecule has 3 aliphatic rings. The van der Waals surface area contributed by atoms with Crippen LogP contribution < -0.4 is 0 Å². The minimum atomic E-state index is -1.17. The largest absolute Gasteiger partial charge is 0.478 e. The minimum absolute atomic E-state index is 0.00722. The Morgan fingerprint density at radius 2 is 2.04 bits per heavy atom.